The quantitative estimate of drug-likeness (QED) is 0.386. The van der Waals surface area contributed by atoms with E-state index >= 15 is 0 Å². The molecular formula is C9H13BClNO4S. The second-order valence-corrected chi connectivity index (χ2v) is 4.62. The summed E-state index contributed by atoms with van der Waals surface area (Å²) in [5.74, 6) is 0.404. The molecule has 0 heterocycles. The molecule has 0 saturated carbocycles. The highest BCUT2D eigenvalue weighted by Gasteiger charge is 2.14. The van der Waals surface area contributed by atoms with Gasteiger partial charge in [0, 0.05) is 12.4 Å². The first-order valence-corrected chi connectivity index (χ1v) is 6.56. The normalized spacial score (nSPS) is 12.2. The molecule has 94 valence electrons. The highest BCUT2D eigenvalue weighted by Crippen LogP contribution is 2.14. The third-order valence-corrected chi connectivity index (χ3v) is 3.20. The molecule has 0 aliphatic heterocycles. The number of hydrogen-bond acceptors (Lipinski definition) is 3. The maximum atomic E-state index is 11.1. The molecule has 5 nitrogen and oxygen atoms in total. The average molecular weight is 278 g/mol. The van der Waals surface area contributed by atoms with Gasteiger partial charge >= 0.3 is 7.12 Å². The Labute approximate surface area is 108 Å². The Morgan fingerprint density at radius 3 is 2.29 bits per heavy atom. The fourth-order valence-electron chi connectivity index (χ4n) is 1.31. The first kappa shape index (κ1) is 14.5. The molecule has 17 heavy (non-hydrogen) atoms. The molecule has 8 heteroatoms. The largest absolute Gasteiger partial charge is 0.488 e. The van der Waals surface area contributed by atoms with Crippen LogP contribution in [0.15, 0.2) is 24.3 Å². The minimum atomic E-state index is -2.12. The molecule has 1 atom stereocenters. The van der Waals surface area contributed by atoms with Crippen molar-refractivity contribution in [3.05, 3.63) is 24.3 Å². The zero-order valence-corrected chi connectivity index (χ0v) is 10.6. The fraction of sp³-hybridized carbons (Fsp3) is 0.333. The fourth-order valence-corrected chi connectivity index (χ4v) is 2.02. The van der Waals surface area contributed by atoms with Gasteiger partial charge in [-0.3, -0.25) is 8.86 Å². The van der Waals surface area contributed by atoms with Crippen molar-refractivity contribution < 1.29 is 18.8 Å². The molecule has 1 rings (SSSR count). The Bertz CT molecular complexity index is 376. The second-order valence-electron chi connectivity index (χ2n) is 3.34. The van der Waals surface area contributed by atoms with Crippen LogP contribution in [-0.2, 0) is 11.3 Å². The lowest BCUT2D eigenvalue weighted by atomic mass is 9.80. The van der Waals surface area contributed by atoms with Gasteiger partial charge in [-0.25, -0.2) is 4.21 Å². The van der Waals surface area contributed by atoms with E-state index in [4.69, 9.17) is 26.2 Å². The molecule has 0 radical (unpaired) electrons. The summed E-state index contributed by atoms with van der Waals surface area (Å²) in [5, 5.41) is 17.8. The van der Waals surface area contributed by atoms with Gasteiger partial charge in [-0.1, -0.05) is 12.1 Å². The summed E-state index contributed by atoms with van der Waals surface area (Å²) in [6.07, 6.45) is 0.582. The van der Waals surface area contributed by atoms with Gasteiger partial charge in [-0.15, -0.1) is 11.6 Å². The van der Waals surface area contributed by atoms with Gasteiger partial charge in [0.1, 0.15) is 0 Å². The van der Waals surface area contributed by atoms with Crippen molar-refractivity contribution in [2.75, 3.05) is 16.7 Å². The Morgan fingerprint density at radius 2 is 1.88 bits per heavy atom. The third-order valence-electron chi connectivity index (χ3n) is 2.16. The van der Waals surface area contributed by atoms with Crippen molar-refractivity contribution in [1.29, 1.82) is 0 Å². The van der Waals surface area contributed by atoms with E-state index in [9.17, 15) is 4.21 Å². The molecule has 1 aromatic rings. The third kappa shape index (κ3) is 4.29. The minimum absolute atomic E-state index is 0.328. The topological polar surface area (TPSA) is 81.0 Å². The van der Waals surface area contributed by atoms with Crippen molar-refractivity contribution in [3.63, 3.8) is 0 Å². The van der Waals surface area contributed by atoms with Crippen LogP contribution in [0.2, 0.25) is 0 Å². The summed E-state index contributed by atoms with van der Waals surface area (Å²) >= 11 is 3.41. The molecular weight excluding hydrogens is 264 g/mol. The van der Waals surface area contributed by atoms with E-state index in [1.165, 1.54) is 16.4 Å². The lowest BCUT2D eigenvalue weighted by molar-refractivity contribution is 0.426. The Hall–Kier alpha value is -0.595. The van der Waals surface area contributed by atoms with Crippen LogP contribution in [0.1, 0.15) is 6.42 Å². The summed E-state index contributed by atoms with van der Waals surface area (Å²) < 4.78 is 21.5. The lowest BCUT2D eigenvalue weighted by Crippen LogP contribution is -2.31. The van der Waals surface area contributed by atoms with Gasteiger partial charge in [0.25, 0.3) is 11.3 Å². The number of halogens is 1. The van der Waals surface area contributed by atoms with Crippen molar-refractivity contribution >= 4 is 41.1 Å². The number of nitrogens with zero attached hydrogens (tertiary/aromatic N) is 1. The van der Waals surface area contributed by atoms with Crippen LogP contribution in [0.5, 0.6) is 0 Å². The van der Waals surface area contributed by atoms with Gasteiger partial charge in [0.05, 0.1) is 5.69 Å². The molecule has 3 N–H and O–H groups in total. The maximum absolute atomic E-state index is 11.1. The number of rotatable bonds is 6. The molecule has 0 spiro atoms. The van der Waals surface area contributed by atoms with Crippen LogP contribution in [0.25, 0.3) is 0 Å². The molecule has 0 aliphatic carbocycles. The summed E-state index contributed by atoms with van der Waals surface area (Å²) in [6, 6.07) is 6.08. The van der Waals surface area contributed by atoms with E-state index in [1.807, 2.05) is 0 Å². The molecule has 0 fully saturated rings. The first-order valence-electron chi connectivity index (χ1n) is 4.97. The highest BCUT2D eigenvalue weighted by atomic mass is 35.5. The van der Waals surface area contributed by atoms with E-state index in [0.717, 1.165) is 0 Å². The van der Waals surface area contributed by atoms with Crippen LogP contribution >= 0.6 is 11.6 Å². The first-order chi connectivity index (χ1) is 8.06. The predicted octanol–water partition coefficient (Wildman–Crippen LogP) is -0.0616. The van der Waals surface area contributed by atoms with Crippen LogP contribution < -0.4 is 9.77 Å². The monoisotopic (exact) mass is 277 g/mol. The van der Waals surface area contributed by atoms with Crippen LogP contribution in [0, 0.1) is 0 Å². The number of alkyl halides is 1. The molecule has 0 saturated heterocycles. The Kier molecular flexibility index (Phi) is 5.94. The molecule has 0 aliphatic rings. The Morgan fingerprint density at radius 1 is 1.29 bits per heavy atom. The second kappa shape index (κ2) is 6.98. The van der Waals surface area contributed by atoms with Crippen LogP contribution in [-0.4, -0.2) is 38.4 Å². The van der Waals surface area contributed by atoms with E-state index in [0.29, 0.717) is 30.0 Å². The molecule has 1 aromatic carbocycles. The van der Waals surface area contributed by atoms with Gasteiger partial charge < -0.3 is 10.0 Å². The van der Waals surface area contributed by atoms with Crippen LogP contribution in [0.3, 0.4) is 0 Å². The highest BCUT2D eigenvalue weighted by molar-refractivity contribution is 7.80. The van der Waals surface area contributed by atoms with Gasteiger partial charge in [-0.05, 0) is 24.0 Å². The van der Waals surface area contributed by atoms with Gasteiger partial charge in [0.15, 0.2) is 0 Å². The molecule has 0 amide bonds. The molecule has 0 bridgehead atoms. The van der Waals surface area contributed by atoms with E-state index < -0.39 is 18.4 Å². The van der Waals surface area contributed by atoms with Crippen molar-refractivity contribution in [2.45, 2.75) is 6.42 Å². The van der Waals surface area contributed by atoms with E-state index in [-0.39, 0.29) is 0 Å². The summed E-state index contributed by atoms with van der Waals surface area (Å²) in [4.78, 5) is 0. The standard InChI is InChI=1S/C9H13BClNO4S/c11-6-1-7-12(17(15)16)9-4-2-8(3-5-9)10(13)14/h2-5,13-14H,1,6-7H2,(H,15,16). The summed E-state index contributed by atoms with van der Waals surface area (Å²) in [6.45, 7) is 0.355. The van der Waals surface area contributed by atoms with Crippen molar-refractivity contribution in [1.82, 2.24) is 0 Å². The van der Waals surface area contributed by atoms with E-state index in [2.05, 4.69) is 0 Å². The molecule has 1 unspecified atom stereocenters. The molecule has 0 aromatic heterocycles. The number of benzene rings is 1. The maximum Gasteiger partial charge on any atom is 0.488 e. The average Bonchev–Trinajstić information content (AvgIpc) is 2.29. The predicted molar refractivity (Wildman–Crippen MR) is 69.7 cm³/mol. The number of anilines is 1. The zero-order valence-electron chi connectivity index (χ0n) is 8.99. The minimum Gasteiger partial charge on any atom is -0.423 e. The smallest absolute Gasteiger partial charge is 0.423 e. The van der Waals surface area contributed by atoms with E-state index in [1.54, 1.807) is 12.1 Å². The van der Waals surface area contributed by atoms with Crippen molar-refractivity contribution in [3.8, 4) is 0 Å². The zero-order chi connectivity index (χ0) is 12.8. The SMILES string of the molecule is O=S(O)N(CCCCl)c1ccc(B(O)O)cc1. The van der Waals surface area contributed by atoms with Gasteiger partial charge in [0.2, 0.25) is 0 Å². The summed E-state index contributed by atoms with van der Waals surface area (Å²) in [7, 11) is -1.54. The number of hydrogen-bond donors (Lipinski definition) is 3. The Balaban J connectivity index is 2.83. The van der Waals surface area contributed by atoms with Crippen LogP contribution in [0.4, 0.5) is 5.69 Å². The van der Waals surface area contributed by atoms with Crippen molar-refractivity contribution in [2.24, 2.45) is 0 Å². The van der Waals surface area contributed by atoms with Gasteiger partial charge in [-0.2, -0.15) is 0 Å². The summed E-state index contributed by atoms with van der Waals surface area (Å²) in [5.41, 5.74) is 0.857. The lowest BCUT2D eigenvalue weighted by Gasteiger charge is -2.19.